The van der Waals surface area contributed by atoms with Crippen molar-refractivity contribution in [1.82, 2.24) is 4.31 Å². The van der Waals surface area contributed by atoms with E-state index in [0.717, 1.165) is 10.6 Å². The van der Waals surface area contributed by atoms with Crippen LogP contribution in [-0.4, -0.2) is 49.5 Å². The maximum Gasteiger partial charge on any atom is 0.325 e. The zero-order valence-corrected chi connectivity index (χ0v) is 14.7. The van der Waals surface area contributed by atoms with Crippen molar-refractivity contribution in [3.8, 4) is 6.07 Å². The molecule has 134 valence electrons. The fourth-order valence-electron chi connectivity index (χ4n) is 2.60. The molecule has 1 heterocycles. The van der Waals surface area contributed by atoms with Crippen LogP contribution in [0.15, 0.2) is 24.3 Å². The van der Waals surface area contributed by atoms with Crippen molar-refractivity contribution in [3.63, 3.8) is 0 Å². The van der Waals surface area contributed by atoms with Gasteiger partial charge in [-0.2, -0.15) is 9.57 Å². The van der Waals surface area contributed by atoms with E-state index in [2.05, 4.69) is 5.32 Å². The second-order valence-electron chi connectivity index (χ2n) is 5.76. The fourth-order valence-corrected chi connectivity index (χ4v) is 3.72. The summed E-state index contributed by atoms with van der Waals surface area (Å²) in [7, 11) is -3.51. The van der Waals surface area contributed by atoms with Crippen molar-refractivity contribution < 1.29 is 22.7 Å². The summed E-state index contributed by atoms with van der Waals surface area (Å²) in [5.41, 5.74) is 0.602. The lowest BCUT2D eigenvalue weighted by molar-refractivity contribution is -0.156. The molecular weight excluding hydrogens is 346 g/mol. The second-order valence-corrected chi connectivity index (χ2v) is 7.69. The van der Waals surface area contributed by atoms with E-state index in [0.29, 0.717) is 18.5 Å². The zero-order valence-electron chi connectivity index (χ0n) is 13.9. The maximum atomic E-state index is 12.2. The number of hydrogen-bond acceptors (Lipinski definition) is 6. The summed E-state index contributed by atoms with van der Waals surface area (Å²) in [5.74, 6) is -1.35. The Morgan fingerprint density at radius 1 is 1.40 bits per heavy atom. The Kier molecular flexibility index (Phi) is 5.77. The summed E-state index contributed by atoms with van der Waals surface area (Å²) in [6.07, 6.45) is 0.829. The Balaban J connectivity index is 2.01. The third kappa shape index (κ3) is 4.55. The Hall–Kier alpha value is -2.44. The number of nitrogens with one attached hydrogen (secondary N) is 1. The number of hydrogen-bond donors (Lipinski definition) is 1. The molecule has 1 aromatic carbocycles. The van der Waals surface area contributed by atoms with E-state index >= 15 is 0 Å². The van der Waals surface area contributed by atoms with Crippen molar-refractivity contribution in [1.29, 1.82) is 5.26 Å². The predicted octanol–water partition coefficient (Wildman–Crippen LogP) is 0.852. The number of carbonyl (C=O) groups excluding carboxylic acids is 2. The SMILES string of the molecule is C[C@H](OC(=O)[C@@H]1CCCN1S(C)(=O)=O)C(=O)Nc1ccccc1C#N. The van der Waals surface area contributed by atoms with Crippen LogP contribution in [0.4, 0.5) is 5.69 Å². The van der Waals surface area contributed by atoms with Gasteiger partial charge in [-0.05, 0) is 31.9 Å². The lowest BCUT2D eigenvalue weighted by atomic mass is 10.2. The Morgan fingerprint density at radius 2 is 2.08 bits per heavy atom. The molecule has 1 aromatic rings. The van der Waals surface area contributed by atoms with Gasteiger partial charge >= 0.3 is 5.97 Å². The molecule has 0 aliphatic carbocycles. The molecule has 1 amide bonds. The molecule has 1 saturated heterocycles. The third-order valence-electron chi connectivity index (χ3n) is 3.87. The molecule has 0 unspecified atom stereocenters. The van der Waals surface area contributed by atoms with Crippen molar-refractivity contribution in [2.24, 2.45) is 0 Å². The molecule has 0 saturated carbocycles. The molecule has 1 N–H and O–H groups in total. The molecule has 1 fully saturated rings. The van der Waals surface area contributed by atoms with Crippen molar-refractivity contribution in [2.75, 3.05) is 18.1 Å². The summed E-state index contributed by atoms with van der Waals surface area (Å²) in [5, 5.41) is 11.5. The molecule has 1 aliphatic heterocycles. The first kappa shape index (κ1) is 18.9. The predicted molar refractivity (Wildman–Crippen MR) is 89.9 cm³/mol. The van der Waals surface area contributed by atoms with E-state index in [1.807, 2.05) is 6.07 Å². The molecular formula is C16H19N3O5S. The molecule has 0 aromatic heterocycles. The van der Waals surface area contributed by atoms with Gasteiger partial charge in [0.2, 0.25) is 10.0 Å². The molecule has 0 bridgehead atoms. The Bertz CT molecular complexity index is 815. The maximum absolute atomic E-state index is 12.2. The minimum absolute atomic E-state index is 0.259. The van der Waals surface area contributed by atoms with Crippen LogP contribution in [-0.2, 0) is 24.3 Å². The van der Waals surface area contributed by atoms with Crippen LogP contribution in [0.5, 0.6) is 0 Å². The first-order valence-corrected chi connectivity index (χ1v) is 9.56. The monoisotopic (exact) mass is 365 g/mol. The highest BCUT2D eigenvalue weighted by Gasteiger charge is 2.38. The van der Waals surface area contributed by atoms with E-state index in [4.69, 9.17) is 10.00 Å². The van der Waals surface area contributed by atoms with E-state index in [1.54, 1.807) is 24.3 Å². The topological polar surface area (TPSA) is 117 Å². The van der Waals surface area contributed by atoms with Crippen molar-refractivity contribution in [3.05, 3.63) is 29.8 Å². The van der Waals surface area contributed by atoms with Gasteiger partial charge in [-0.3, -0.25) is 9.59 Å². The van der Waals surface area contributed by atoms with Gasteiger partial charge in [0.1, 0.15) is 12.1 Å². The molecule has 0 radical (unpaired) electrons. The average Bonchev–Trinajstić information content (AvgIpc) is 3.05. The quantitative estimate of drug-likeness (QED) is 0.773. The molecule has 9 heteroatoms. The number of nitriles is 1. The zero-order chi connectivity index (χ0) is 18.6. The molecule has 0 spiro atoms. The summed E-state index contributed by atoms with van der Waals surface area (Å²) < 4.78 is 29.6. The number of benzene rings is 1. The Morgan fingerprint density at radius 3 is 2.72 bits per heavy atom. The highest BCUT2D eigenvalue weighted by Crippen LogP contribution is 2.22. The van der Waals surface area contributed by atoms with E-state index in [-0.39, 0.29) is 12.1 Å². The fraction of sp³-hybridized carbons (Fsp3) is 0.438. The van der Waals surface area contributed by atoms with Crippen LogP contribution in [0.2, 0.25) is 0 Å². The van der Waals surface area contributed by atoms with Crippen molar-refractivity contribution in [2.45, 2.75) is 31.9 Å². The van der Waals surface area contributed by atoms with Gasteiger partial charge in [0, 0.05) is 6.54 Å². The number of rotatable bonds is 5. The van der Waals surface area contributed by atoms with Gasteiger partial charge in [0.15, 0.2) is 6.10 Å². The highest BCUT2D eigenvalue weighted by molar-refractivity contribution is 7.88. The van der Waals surface area contributed by atoms with Crippen LogP contribution in [0.1, 0.15) is 25.3 Å². The first-order valence-electron chi connectivity index (χ1n) is 7.71. The smallest absolute Gasteiger partial charge is 0.325 e. The lowest BCUT2D eigenvalue weighted by Crippen LogP contribution is -2.43. The average molecular weight is 365 g/mol. The number of carbonyl (C=O) groups is 2. The molecule has 8 nitrogen and oxygen atoms in total. The lowest BCUT2D eigenvalue weighted by Gasteiger charge is -2.22. The van der Waals surface area contributed by atoms with Crippen LogP contribution < -0.4 is 5.32 Å². The standard InChI is InChI=1S/C16H19N3O5S/c1-11(15(20)18-13-7-4-3-6-12(13)10-17)24-16(21)14-8-5-9-19(14)25(2,22)23/h3-4,6-7,11,14H,5,8-9H2,1-2H3,(H,18,20)/t11-,14-/m0/s1. The third-order valence-corrected chi connectivity index (χ3v) is 5.16. The van der Waals surface area contributed by atoms with Crippen molar-refractivity contribution >= 4 is 27.6 Å². The van der Waals surface area contributed by atoms with E-state index < -0.39 is 34.0 Å². The summed E-state index contributed by atoms with van der Waals surface area (Å²) in [6, 6.07) is 7.49. The van der Waals surface area contributed by atoms with Crippen LogP contribution in [0, 0.1) is 11.3 Å². The van der Waals surface area contributed by atoms with Gasteiger partial charge < -0.3 is 10.1 Å². The number of para-hydroxylation sites is 1. The minimum atomic E-state index is -3.51. The van der Waals surface area contributed by atoms with Crippen LogP contribution in [0.25, 0.3) is 0 Å². The van der Waals surface area contributed by atoms with Crippen LogP contribution >= 0.6 is 0 Å². The molecule has 25 heavy (non-hydrogen) atoms. The molecule has 1 aliphatic rings. The first-order chi connectivity index (χ1) is 11.7. The van der Waals surface area contributed by atoms with Crippen LogP contribution in [0.3, 0.4) is 0 Å². The van der Waals surface area contributed by atoms with Gasteiger partial charge in [-0.25, -0.2) is 8.42 Å². The number of nitrogens with zero attached hydrogens (tertiary/aromatic N) is 2. The Labute approximate surface area is 146 Å². The highest BCUT2D eigenvalue weighted by atomic mass is 32.2. The van der Waals surface area contributed by atoms with E-state index in [1.165, 1.54) is 6.92 Å². The number of amides is 1. The number of esters is 1. The largest absolute Gasteiger partial charge is 0.451 e. The second kappa shape index (κ2) is 7.63. The minimum Gasteiger partial charge on any atom is -0.451 e. The van der Waals surface area contributed by atoms with E-state index in [9.17, 15) is 18.0 Å². The normalized spacial score (nSPS) is 19.0. The number of anilines is 1. The summed E-state index contributed by atoms with van der Waals surface area (Å²) in [4.78, 5) is 24.4. The molecule has 2 rings (SSSR count). The van der Waals surface area contributed by atoms with Gasteiger partial charge in [0.05, 0.1) is 17.5 Å². The van der Waals surface area contributed by atoms with Gasteiger partial charge in [-0.15, -0.1) is 0 Å². The van der Waals surface area contributed by atoms with Gasteiger partial charge in [-0.1, -0.05) is 12.1 Å². The summed E-state index contributed by atoms with van der Waals surface area (Å²) in [6.45, 7) is 1.65. The number of sulfonamides is 1. The molecule has 2 atom stereocenters. The number of ether oxygens (including phenoxy) is 1. The van der Waals surface area contributed by atoms with Gasteiger partial charge in [0.25, 0.3) is 5.91 Å². The summed E-state index contributed by atoms with van der Waals surface area (Å²) >= 11 is 0.